The molecule has 0 bridgehead atoms. The maximum Gasteiger partial charge on any atom is 0.333 e. The molecule has 5 heteroatoms. The highest BCUT2D eigenvalue weighted by Crippen LogP contribution is 2.28. The monoisotopic (exact) mass is 251 g/mol. The van der Waals surface area contributed by atoms with E-state index in [1.165, 1.54) is 7.11 Å². The maximum absolute atomic E-state index is 12.1. The number of rotatable bonds is 3. The normalized spacial score (nSPS) is 23.4. The van der Waals surface area contributed by atoms with Gasteiger partial charge in [-0.05, 0) is 17.7 Å². The summed E-state index contributed by atoms with van der Waals surface area (Å²) >= 11 is 0. The summed E-state index contributed by atoms with van der Waals surface area (Å²) in [7, 11) is 2.97. The third kappa shape index (κ3) is 2.19. The standard InChI is InChI=1S/C13H17NO4/c1-16-11-5-3-4-10(8-11)13(12(15)17-2)9-18-7-6-14-13/h3-5,8,14H,6-7,9H2,1-2H3. The zero-order valence-corrected chi connectivity index (χ0v) is 10.6. The Balaban J connectivity index is 2.41. The van der Waals surface area contributed by atoms with E-state index in [4.69, 9.17) is 14.2 Å². The van der Waals surface area contributed by atoms with Crippen LogP contribution in [0, 0.1) is 0 Å². The number of hydrogen-bond acceptors (Lipinski definition) is 5. The fourth-order valence-corrected chi connectivity index (χ4v) is 2.11. The second-order valence-corrected chi connectivity index (χ2v) is 4.11. The lowest BCUT2D eigenvalue weighted by Gasteiger charge is -2.35. The van der Waals surface area contributed by atoms with Crippen LogP contribution in [0.4, 0.5) is 0 Å². The van der Waals surface area contributed by atoms with Crippen LogP contribution in [0.15, 0.2) is 24.3 Å². The van der Waals surface area contributed by atoms with Crippen molar-refractivity contribution in [3.05, 3.63) is 29.8 Å². The maximum atomic E-state index is 12.1. The van der Waals surface area contributed by atoms with Gasteiger partial charge in [0.25, 0.3) is 0 Å². The molecule has 1 aliphatic rings. The average Bonchev–Trinajstić information content (AvgIpc) is 2.47. The van der Waals surface area contributed by atoms with E-state index in [9.17, 15) is 4.79 Å². The predicted molar refractivity (Wildman–Crippen MR) is 65.5 cm³/mol. The highest BCUT2D eigenvalue weighted by atomic mass is 16.5. The van der Waals surface area contributed by atoms with Crippen LogP contribution in [0.3, 0.4) is 0 Å². The summed E-state index contributed by atoms with van der Waals surface area (Å²) in [5.41, 5.74) is -0.157. The molecule has 1 unspecified atom stereocenters. The van der Waals surface area contributed by atoms with Crippen LogP contribution in [-0.2, 0) is 19.8 Å². The molecule has 0 saturated carbocycles. The first-order valence-electron chi connectivity index (χ1n) is 5.78. The van der Waals surface area contributed by atoms with Gasteiger partial charge in [-0.15, -0.1) is 0 Å². The number of methoxy groups -OCH3 is 2. The summed E-state index contributed by atoms with van der Waals surface area (Å²) in [5, 5.41) is 3.20. The lowest BCUT2D eigenvalue weighted by molar-refractivity contribution is -0.154. The number of ether oxygens (including phenoxy) is 3. The Morgan fingerprint density at radius 1 is 1.44 bits per heavy atom. The first-order valence-corrected chi connectivity index (χ1v) is 5.78. The molecule has 1 N–H and O–H groups in total. The highest BCUT2D eigenvalue weighted by Gasteiger charge is 2.43. The summed E-state index contributed by atoms with van der Waals surface area (Å²) in [6.07, 6.45) is 0. The van der Waals surface area contributed by atoms with Gasteiger partial charge in [0.15, 0.2) is 5.54 Å². The lowest BCUT2D eigenvalue weighted by atomic mass is 9.89. The number of morpholine rings is 1. The fraction of sp³-hybridized carbons (Fsp3) is 0.462. The first kappa shape index (κ1) is 12.9. The van der Waals surface area contributed by atoms with Crippen molar-refractivity contribution < 1.29 is 19.0 Å². The first-order chi connectivity index (χ1) is 8.73. The molecule has 0 amide bonds. The van der Waals surface area contributed by atoms with E-state index < -0.39 is 5.54 Å². The van der Waals surface area contributed by atoms with E-state index in [0.717, 1.165) is 5.56 Å². The number of benzene rings is 1. The molecule has 1 heterocycles. The summed E-state index contributed by atoms with van der Waals surface area (Å²) in [5.74, 6) is 0.346. The molecule has 1 saturated heterocycles. The fourth-order valence-electron chi connectivity index (χ4n) is 2.11. The summed E-state index contributed by atoms with van der Waals surface area (Å²) < 4.78 is 15.5. The van der Waals surface area contributed by atoms with E-state index in [-0.39, 0.29) is 12.6 Å². The molecule has 0 aliphatic carbocycles. The van der Waals surface area contributed by atoms with Gasteiger partial charge in [0.1, 0.15) is 5.75 Å². The zero-order chi connectivity index (χ0) is 13.0. The topological polar surface area (TPSA) is 56.8 Å². The van der Waals surface area contributed by atoms with Crippen molar-refractivity contribution >= 4 is 5.97 Å². The van der Waals surface area contributed by atoms with Gasteiger partial charge >= 0.3 is 5.97 Å². The van der Waals surface area contributed by atoms with E-state index >= 15 is 0 Å². The van der Waals surface area contributed by atoms with Gasteiger partial charge in [0.05, 0.1) is 27.4 Å². The van der Waals surface area contributed by atoms with Gasteiger partial charge in [-0.1, -0.05) is 12.1 Å². The van der Waals surface area contributed by atoms with E-state index in [1.54, 1.807) is 7.11 Å². The minimum Gasteiger partial charge on any atom is -0.497 e. The molecule has 0 spiro atoms. The van der Waals surface area contributed by atoms with Crippen LogP contribution >= 0.6 is 0 Å². The zero-order valence-electron chi connectivity index (χ0n) is 10.6. The molecular formula is C13H17NO4. The second kappa shape index (κ2) is 5.37. The number of nitrogens with one attached hydrogen (secondary N) is 1. The van der Waals surface area contributed by atoms with Crippen molar-refractivity contribution in [3.8, 4) is 5.75 Å². The second-order valence-electron chi connectivity index (χ2n) is 4.11. The molecule has 0 radical (unpaired) electrons. The molecule has 18 heavy (non-hydrogen) atoms. The Kier molecular flexibility index (Phi) is 3.84. The average molecular weight is 251 g/mol. The minimum atomic E-state index is -0.943. The quantitative estimate of drug-likeness (QED) is 0.801. The predicted octanol–water partition coefficient (Wildman–Crippen LogP) is 0.683. The summed E-state index contributed by atoms with van der Waals surface area (Å²) in [6, 6.07) is 7.35. The van der Waals surface area contributed by atoms with Gasteiger partial charge in [-0.2, -0.15) is 0 Å². The molecule has 2 rings (SSSR count). The molecule has 1 aromatic rings. The number of esters is 1. The van der Waals surface area contributed by atoms with Crippen molar-refractivity contribution in [2.24, 2.45) is 0 Å². The largest absolute Gasteiger partial charge is 0.497 e. The summed E-state index contributed by atoms with van der Waals surface area (Å²) in [6.45, 7) is 1.45. The Morgan fingerprint density at radius 3 is 2.89 bits per heavy atom. The van der Waals surface area contributed by atoms with Crippen LogP contribution in [0.2, 0.25) is 0 Å². The minimum absolute atomic E-state index is 0.257. The van der Waals surface area contributed by atoms with Crippen molar-refractivity contribution in [2.45, 2.75) is 5.54 Å². The van der Waals surface area contributed by atoms with Crippen LogP contribution in [-0.4, -0.2) is 39.9 Å². The molecule has 1 fully saturated rings. The Hall–Kier alpha value is -1.59. The van der Waals surface area contributed by atoms with E-state index in [0.29, 0.717) is 18.9 Å². The van der Waals surface area contributed by atoms with Crippen molar-refractivity contribution in [1.82, 2.24) is 5.32 Å². The van der Waals surface area contributed by atoms with Crippen LogP contribution < -0.4 is 10.1 Å². The summed E-state index contributed by atoms with van der Waals surface area (Å²) in [4.78, 5) is 12.1. The molecule has 1 aromatic carbocycles. The van der Waals surface area contributed by atoms with Gasteiger partial charge in [-0.25, -0.2) is 4.79 Å². The van der Waals surface area contributed by atoms with Crippen LogP contribution in [0.25, 0.3) is 0 Å². The SMILES string of the molecule is COC(=O)C1(c2cccc(OC)c2)COCCN1. The van der Waals surface area contributed by atoms with E-state index in [1.807, 2.05) is 24.3 Å². The highest BCUT2D eigenvalue weighted by molar-refractivity contribution is 5.83. The Bertz CT molecular complexity index is 427. The van der Waals surface area contributed by atoms with Gasteiger partial charge < -0.3 is 14.2 Å². The molecular weight excluding hydrogens is 234 g/mol. The van der Waals surface area contributed by atoms with Crippen LogP contribution in [0.1, 0.15) is 5.56 Å². The smallest absolute Gasteiger partial charge is 0.333 e. The van der Waals surface area contributed by atoms with Gasteiger partial charge in [0, 0.05) is 6.54 Å². The van der Waals surface area contributed by atoms with Crippen LogP contribution in [0.5, 0.6) is 5.75 Å². The molecule has 1 atom stereocenters. The number of carbonyl (C=O) groups is 1. The molecule has 0 aromatic heterocycles. The third-order valence-corrected chi connectivity index (χ3v) is 3.09. The van der Waals surface area contributed by atoms with Crippen molar-refractivity contribution in [1.29, 1.82) is 0 Å². The number of hydrogen-bond donors (Lipinski definition) is 1. The molecule has 98 valence electrons. The number of carbonyl (C=O) groups excluding carboxylic acids is 1. The molecule has 5 nitrogen and oxygen atoms in total. The Morgan fingerprint density at radius 2 is 2.28 bits per heavy atom. The lowest BCUT2D eigenvalue weighted by Crippen LogP contribution is -2.57. The third-order valence-electron chi connectivity index (χ3n) is 3.09. The molecule has 1 aliphatic heterocycles. The van der Waals surface area contributed by atoms with E-state index in [2.05, 4.69) is 5.32 Å². The van der Waals surface area contributed by atoms with Gasteiger partial charge in [0.2, 0.25) is 0 Å². The van der Waals surface area contributed by atoms with Crippen molar-refractivity contribution in [3.63, 3.8) is 0 Å². The Labute approximate surface area is 106 Å². The van der Waals surface area contributed by atoms with Gasteiger partial charge in [-0.3, -0.25) is 5.32 Å². The van der Waals surface area contributed by atoms with Crippen molar-refractivity contribution in [2.75, 3.05) is 34.0 Å².